The molecule has 6 heteroatoms. The van der Waals surface area contributed by atoms with Gasteiger partial charge in [-0.25, -0.2) is 0 Å². The summed E-state index contributed by atoms with van der Waals surface area (Å²) in [4.78, 5) is 30.4. The van der Waals surface area contributed by atoms with Crippen molar-refractivity contribution in [3.63, 3.8) is 0 Å². The molecule has 2 amide bonds. The smallest absolute Gasteiger partial charge is 0.224 e. The molecular formula is C22H27N3O3. The number of hydrogen-bond donors (Lipinski definition) is 0. The molecule has 0 bridgehead atoms. The maximum Gasteiger partial charge on any atom is 0.224 e. The Morgan fingerprint density at radius 3 is 2.25 bits per heavy atom. The maximum absolute atomic E-state index is 12.7. The minimum atomic E-state index is -0.0556. The molecule has 0 aromatic heterocycles. The second-order valence-corrected chi connectivity index (χ2v) is 6.80. The maximum atomic E-state index is 12.7. The second kappa shape index (κ2) is 9.26. The van der Waals surface area contributed by atoms with Crippen LogP contribution in [0.5, 0.6) is 5.75 Å². The van der Waals surface area contributed by atoms with Gasteiger partial charge in [0.25, 0.3) is 0 Å². The number of para-hydroxylation sites is 3. The first-order chi connectivity index (χ1) is 13.6. The molecule has 2 aromatic carbocycles. The van der Waals surface area contributed by atoms with Gasteiger partial charge < -0.3 is 19.4 Å². The molecule has 0 atom stereocenters. The Hall–Kier alpha value is -3.02. The lowest BCUT2D eigenvalue weighted by Gasteiger charge is -2.37. The molecule has 3 rings (SSSR count). The summed E-state index contributed by atoms with van der Waals surface area (Å²) in [5, 5.41) is 0. The third kappa shape index (κ3) is 4.63. The Labute approximate surface area is 166 Å². The van der Waals surface area contributed by atoms with E-state index in [1.165, 1.54) is 6.92 Å². The lowest BCUT2D eigenvalue weighted by Crippen LogP contribution is -2.49. The van der Waals surface area contributed by atoms with Crippen molar-refractivity contribution >= 4 is 23.2 Å². The van der Waals surface area contributed by atoms with E-state index in [1.54, 1.807) is 12.0 Å². The summed E-state index contributed by atoms with van der Waals surface area (Å²) in [6.07, 6.45) is 0.323. The van der Waals surface area contributed by atoms with Crippen molar-refractivity contribution < 1.29 is 14.3 Å². The van der Waals surface area contributed by atoms with E-state index < -0.39 is 0 Å². The molecule has 1 aliphatic heterocycles. The Bertz CT molecular complexity index is 802. The minimum absolute atomic E-state index is 0.0556. The molecule has 0 unspecified atom stereocenters. The first-order valence-corrected chi connectivity index (χ1v) is 9.59. The van der Waals surface area contributed by atoms with Crippen LogP contribution in [-0.4, -0.2) is 56.5 Å². The summed E-state index contributed by atoms with van der Waals surface area (Å²) in [5.74, 6) is 0.879. The topological polar surface area (TPSA) is 53.1 Å². The van der Waals surface area contributed by atoms with Gasteiger partial charge in [0.1, 0.15) is 5.75 Å². The van der Waals surface area contributed by atoms with Crippen LogP contribution >= 0.6 is 0 Å². The second-order valence-electron chi connectivity index (χ2n) is 6.80. The van der Waals surface area contributed by atoms with Gasteiger partial charge in [-0.05, 0) is 24.3 Å². The van der Waals surface area contributed by atoms with Gasteiger partial charge in [0, 0.05) is 51.8 Å². The molecule has 0 saturated carbocycles. The molecule has 2 aromatic rings. The molecule has 1 fully saturated rings. The first-order valence-electron chi connectivity index (χ1n) is 9.59. The highest BCUT2D eigenvalue weighted by atomic mass is 16.5. The van der Waals surface area contributed by atoms with Crippen molar-refractivity contribution in [2.24, 2.45) is 0 Å². The van der Waals surface area contributed by atoms with Crippen LogP contribution in [0.25, 0.3) is 0 Å². The van der Waals surface area contributed by atoms with E-state index in [9.17, 15) is 9.59 Å². The fraction of sp³-hybridized carbons (Fsp3) is 0.364. The van der Waals surface area contributed by atoms with Gasteiger partial charge in [0.05, 0.1) is 12.8 Å². The largest absolute Gasteiger partial charge is 0.495 e. The predicted octanol–water partition coefficient (Wildman–Crippen LogP) is 2.79. The number of hydrogen-bond acceptors (Lipinski definition) is 4. The van der Waals surface area contributed by atoms with Crippen LogP contribution in [0.4, 0.5) is 11.4 Å². The molecule has 0 radical (unpaired) electrons. The summed E-state index contributed by atoms with van der Waals surface area (Å²) < 4.78 is 5.44. The van der Waals surface area contributed by atoms with Crippen molar-refractivity contribution in [2.45, 2.75) is 13.3 Å². The molecule has 0 N–H and O–H groups in total. The number of anilines is 2. The lowest BCUT2D eigenvalue weighted by molar-refractivity contribution is -0.131. The van der Waals surface area contributed by atoms with Crippen LogP contribution < -0.4 is 14.5 Å². The number of benzene rings is 2. The number of ether oxygens (including phenoxy) is 1. The quantitative estimate of drug-likeness (QED) is 0.772. The molecule has 0 spiro atoms. The van der Waals surface area contributed by atoms with E-state index in [2.05, 4.69) is 4.90 Å². The van der Waals surface area contributed by atoms with E-state index in [4.69, 9.17) is 4.74 Å². The Balaban J connectivity index is 1.54. The highest BCUT2D eigenvalue weighted by molar-refractivity contribution is 5.92. The zero-order valence-electron chi connectivity index (χ0n) is 16.5. The summed E-state index contributed by atoms with van der Waals surface area (Å²) in [6, 6.07) is 17.4. The van der Waals surface area contributed by atoms with Crippen molar-refractivity contribution in [2.75, 3.05) is 49.6 Å². The van der Waals surface area contributed by atoms with Gasteiger partial charge in [-0.2, -0.15) is 0 Å². The lowest BCUT2D eigenvalue weighted by atomic mass is 10.2. The van der Waals surface area contributed by atoms with Crippen LogP contribution in [0.1, 0.15) is 13.3 Å². The van der Waals surface area contributed by atoms with Crippen LogP contribution in [0, 0.1) is 0 Å². The minimum Gasteiger partial charge on any atom is -0.495 e. The fourth-order valence-corrected chi connectivity index (χ4v) is 3.53. The van der Waals surface area contributed by atoms with E-state index in [-0.39, 0.29) is 11.8 Å². The normalized spacial score (nSPS) is 13.9. The summed E-state index contributed by atoms with van der Waals surface area (Å²) in [7, 11) is 1.67. The Kier molecular flexibility index (Phi) is 6.53. The summed E-state index contributed by atoms with van der Waals surface area (Å²) in [6.45, 7) is 4.79. The van der Waals surface area contributed by atoms with Crippen LogP contribution in [0.2, 0.25) is 0 Å². The van der Waals surface area contributed by atoms with Crippen LogP contribution in [0.15, 0.2) is 54.6 Å². The average Bonchev–Trinajstić information content (AvgIpc) is 2.74. The number of carbonyl (C=O) groups is 2. The summed E-state index contributed by atoms with van der Waals surface area (Å²) in [5.41, 5.74) is 1.88. The molecule has 28 heavy (non-hydrogen) atoms. The Morgan fingerprint density at radius 1 is 0.964 bits per heavy atom. The van der Waals surface area contributed by atoms with E-state index in [0.717, 1.165) is 30.2 Å². The molecule has 148 valence electrons. The first kappa shape index (κ1) is 19.7. The third-order valence-electron chi connectivity index (χ3n) is 5.06. The highest BCUT2D eigenvalue weighted by Gasteiger charge is 2.23. The molecule has 1 saturated heterocycles. The van der Waals surface area contributed by atoms with Crippen molar-refractivity contribution in [3.05, 3.63) is 54.6 Å². The molecule has 6 nitrogen and oxygen atoms in total. The van der Waals surface area contributed by atoms with Crippen molar-refractivity contribution in [3.8, 4) is 5.75 Å². The van der Waals surface area contributed by atoms with Gasteiger partial charge >= 0.3 is 0 Å². The number of rotatable bonds is 6. The molecule has 1 aliphatic rings. The SMILES string of the molecule is COc1ccccc1N1CCN(C(=O)CCN(C(C)=O)c2ccccc2)CC1. The van der Waals surface area contributed by atoms with Crippen molar-refractivity contribution in [1.82, 2.24) is 4.90 Å². The van der Waals surface area contributed by atoms with Crippen LogP contribution in [-0.2, 0) is 9.59 Å². The van der Waals surface area contributed by atoms with Crippen LogP contribution in [0.3, 0.4) is 0 Å². The van der Waals surface area contributed by atoms with Gasteiger partial charge in [0.2, 0.25) is 11.8 Å². The number of nitrogens with zero attached hydrogens (tertiary/aromatic N) is 3. The highest BCUT2D eigenvalue weighted by Crippen LogP contribution is 2.28. The predicted molar refractivity (Wildman–Crippen MR) is 111 cm³/mol. The van der Waals surface area contributed by atoms with E-state index in [0.29, 0.717) is 26.1 Å². The zero-order chi connectivity index (χ0) is 19.9. The monoisotopic (exact) mass is 381 g/mol. The Morgan fingerprint density at radius 2 is 1.61 bits per heavy atom. The van der Waals surface area contributed by atoms with E-state index in [1.807, 2.05) is 59.5 Å². The van der Waals surface area contributed by atoms with E-state index >= 15 is 0 Å². The third-order valence-corrected chi connectivity index (χ3v) is 5.06. The number of amides is 2. The van der Waals surface area contributed by atoms with Gasteiger partial charge in [-0.15, -0.1) is 0 Å². The number of methoxy groups -OCH3 is 1. The van der Waals surface area contributed by atoms with Crippen molar-refractivity contribution in [1.29, 1.82) is 0 Å². The molecule has 0 aliphatic carbocycles. The van der Waals surface area contributed by atoms with Gasteiger partial charge in [0.15, 0.2) is 0 Å². The average molecular weight is 381 g/mol. The molecular weight excluding hydrogens is 354 g/mol. The number of piperazine rings is 1. The van der Waals surface area contributed by atoms with Gasteiger partial charge in [-0.1, -0.05) is 30.3 Å². The standard InChI is InChI=1S/C22H27N3O3/c1-18(26)25(19-8-4-3-5-9-19)13-12-22(27)24-16-14-23(15-17-24)20-10-6-7-11-21(20)28-2/h3-11H,12-17H2,1-2H3. The zero-order valence-corrected chi connectivity index (χ0v) is 16.5. The van der Waals surface area contributed by atoms with Gasteiger partial charge in [-0.3, -0.25) is 9.59 Å². The number of carbonyl (C=O) groups excluding carboxylic acids is 2. The summed E-state index contributed by atoms with van der Waals surface area (Å²) >= 11 is 0. The fourth-order valence-electron chi connectivity index (χ4n) is 3.53. The molecule has 1 heterocycles.